The van der Waals surface area contributed by atoms with E-state index in [2.05, 4.69) is 31.2 Å². The number of H-pyrrole nitrogens is 1. The van der Waals surface area contributed by atoms with Crippen molar-refractivity contribution >= 4 is 34.4 Å². The van der Waals surface area contributed by atoms with Crippen molar-refractivity contribution in [3.05, 3.63) is 51.4 Å². The fraction of sp³-hybridized carbons (Fsp3) is 0.0714. The smallest absolute Gasteiger partial charge is 0.219 e. The fourth-order valence-corrected chi connectivity index (χ4v) is 2.59. The van der Waals surface area contributed by atoms with Crippen molar-refractivity contribution < 1.29 is 9.15 Å². The molecule has 0 radical (unpaired) electrons. The zero-order valence-electron chi connectivity index (χ0n) is 11.5. The number of furan rings is 1. The third-order valence-electron chi connectivity index (χ3n) is 2.89. The maximum Gasteiger partial charge on any atom is 0.219 e. The summed E-state index contributed by atoms with van der Waals surface area (Å²) in [6.45, 7) is 0. The summed E-state index contributed by atoms with van der Waals surface area (Å²) in [5.41, 5.74) is 0.890. The monoisotopic (exact) mass is 378 g/mol. The molecule has 3 aromatic rings. The van der Waals surface area contributed by atoms with Gasteiger partial charge in [0.25, 0.3) is 0 Å². The third-order valence-corrected chi connectivity index (χ3v) is 3.77. The molecule has 1 N–H and O–H groups in total. The highest BCUT2D eigenvalue weighted by Gasteiger charge is 2.10. The van der Waals surface area contributed by atoms with Gasteiger partial charge in [0.15, 0.2) is 5.76 Å². The topological polar surface area (TPSA) is 68.3 Å². The number of ether oxygens (including phenoxy) is 1. The van der Waals surface area contributed by atoms with Crippen LogP contribution < -0.4 is 4.74 Å². The minimum Gasteiger partial charge on any atom is -0.496 e. The van der Waals surface area contributed by atoms with Gasteiger partial charge in [-0.1, -0.05) is 0 Å². The number of nitrogens with one attached hydrogen (secondary N) is 1. The molecule has 2 aromatic heterocycles. The lowest BCUT2D eigenvalue weighted by atomic mass is 10.2. The second-order valence-electron chi connectivity index (χ2n) is 4.28. The van der Waals surface area contributed by atoms with Crippen molar-refractivity contribution in [3.63, 3.8) is 0 Å². The summed E-state index contributed by atoms with van der Waals surface area (Å²) in [6.07, 6.45) is 3.25. The lowest BCUT2D eigenvalue weighted by molar-refractivity contribution is 0.412. The Bertz CT molecular complexity index is 867. The summed E-state index contributed by atoms with van der Waals surface area (Å²) in [6, 6.07) is 9.22. The molecule has 8 heteroatoms. The number of benzene rings is 1. The van der Waals surface area contributed by atoms with Crippen molar-refractivity contribution in [2.75, 3.05) is 7.11 Å². The molecular weight excluding hydrogens is 368 g/mol. The van der Waals surface area contributed by atoms with Gasteiger partial charge in [-0.05, 0) is 64.0 Å². The molecule has 0 bridgehead atoms. The number of rotatable bonds is 4. The molecule has 2 heterocycles. The van der Waals surface area contributed by atoms with Crippen LogP contribution in [-0.2, 0) is 0 Å². The molecule has 6 nitrogen and oxygen atoms in total. The molecule has 0 spiro atoms. The molecule has 112 valence electrons. The first-order valence-corrected chi connectivity index (χ1v) is 7.48. The van der Waals surface area contributed by atoms with E-state index in [0.29, 0.717) is 16.4 Å². The van der Waals surface area contributed by atoms with Gasteiger partial charge in [0, 0.05) is 0 Å². The molecule has 0 saturated carbocycles. The summed E-state index contributed by atoms with van der Waals surface area (Å²) in [5, 5.41) is 11.2. The van der Waals surface area contributed by atoms with Crippen LogP contribution in [-0.4, -0.2) is 28.2 Å². The van der Waals surface area contributed by atoms with Gasteiger partial charge in [-0.25, -0.2) is 5.10 Å². The standard InChI is InChI=1S/C14H11BrN4O2S/c1-20-11-5-4-9(7-10(11)15)8-16-19-13(17-18-14(19)22)12-3-2-6-21-12/h2-8H,1H3,(H,18,22)/b16-8+. The summed E-state index contributed by atoms with van der Waals surface area (Å²) >= 11 is 8.63. The average molecular weight is 379 g/mol. The fourth-order valence-electron chi connectivity index (χ4n) is 1.85. The van der Waals surface area contributed by atoms with Crippen LogP contribution >= 0.6 is 28.1 Å². The Morgan fingerprint density at radius 1 is 1.45 bits per heavy atom. The van der Waals surface area contributed by atoms with Crippen LogP contribution in [0.25, 0.3) is 11.6 Å². The van der Waals surface area contributed by atoms with Gasteiger partial charge in [0.05, 0.1) is 24.1 Å². The van der Waals surface area contributed by atoms with Gasteiger partial charge in [-0.2, -0.15) is 9.78 Å². The molecule has 0 atom stereocenters. The Labute approximate surface area is 139 Å². The number of methoxy groups -OCH3 is 1. The minimum absolute atomic E-state index is 0.384. The zero-order valence-corrected chi connectivity index (χ0v) is 13.9. The lowest BCUT2D eigenvalue weighted by Crippen LogP contribution is -1.94. The maximum atomic E-state index is 5.33. The van der Waals surface area contributed by atoms with Crippen LogP contribution in [0.3, 0.4) is 0 Å². The number of hydrogen-bond donors (Lipinski definition) is 1. The Balaban J connectivity index is 1.95. The van der Waals surface area contributed by atoms with E-state index in [1.54, 1.807) is 31.7 Å². The van der Waals surface area contributed by atoms with E-state index in [4.69, 9.17) is 21.4 Å². The first-order chi connectivity index (χ1) is 10.7. The summed E-state index contributed by atoms with van der Waals surface area (Å²) in [7, 11) is 1.62. The Morgan fingerprint density at radius 3 is 3.00 bits per heavy atom. The predicted molar refractivity (Wildman–Crippen MR) is 88.8 cm³/mol. The molecule has 0 aliphatic rings. The quantitative estimate of drug-likeness (QED) is 0.552. The van der Waals surface area contributed by atoms with Crippen molar-refractivity contribution in [1.82, 2.24) is 14.9 Å². The summed E-state index contributed by atoms with van der Waals surface area (Å²) in [5.74, 6) is 1.85. The van der Waals surface area contributed by atoms with Gasteiger partial charge in [0.1, 0.15) is 5.75 Å². The first kappa shape index (κ1) is 14.7. The maximum absolute atomic E-state index is 5.33. The van der Waals surface area contributed by atoms with Crippen LogP contribution in [0.5, 0.6) is 5.75 Å². The number of aromatic nitrogens is 3. The van der Waals surface area contributed by atoms with E-state index in [0.717, 1.165) is 15.8 Å². The number of nitrogens with zero attached hydrogens (tertiary/aromatic N) is 3. The average Bonchev–Trinajstić information content (AvgIpc) is 3.15. The zero-order chi connectivity index (χ0) is 15.5. The summed E-state index contributed by atoms with van der Waals surface area (Å²) in [4.78, 5) is 0. The highest BCUT2D eigenvalue weighted by molar-refractivity contribution is 9.10. The molecule has 0 unspecified atom stereocenters. The van der Waals surface area contributed by atoms with Crippen LogP contribution in [0.15, 0.2) is 50.6 Å². The second-order valence-corrected chi connectivity index (χ2v) is 5.52. The molecular formula is C14H11BrN4O2S. The number of aromatic amines is 1. The van der Waals surface area contributed by atoms with Crippen molar-refractivity contribution in [2.24, 2.45) is 5.10 Å². The number of halogens is 1. The molecule has 22 heavy (non-hydrogen) atoms. The van der Waals surface area contributed by atoms with Crippen molar-refractivity contribution in [2.45, 2.75) is 0 Å². The molecule has 0 aliphatic carbocycles. The highest BCUT2D eigenvalue weighted by Crippen LogP contribution is 2.25. The SMILES string of the molecule is COc1ccc(/C=N/n2c(-c3ccco3)n[nH]c2=S)cc1Br. The van der Waals surface area contributed by atoms with Crippen LogP contribution in [0.2, 0.25) is 0 Å². The largest absolute Gasteiger partial charge is 0.496 e. The van der Waals surface area contributed by atoms with Gasteiger partial charge in [-0.3, -0.25) is 0 Å². The van der Waals surface area contributed by atoms with Crippen LogP contribution in [0.1, 0.15) is 5.56 Å². The predicted octanol–water partition coefficient (Wildman–Crippen LogP) is 3.85. The minimum atomic E-state index is 0.384. The van der Waals surface area contributed by atoms with Gasteiger partial charge >= 0.3 is 0 Å². The molecule has 3 rings (SSSR count). The van der Waals surface area contributed by atoms with Crippen molar-refractivity contribution in [3.8, 4) is 17.3 Å². The van der Waals surface area contributed by atoms with Crippen LogP contribution in [0, 0.1) is 4.77 Å². The third kappa shape index (κ3) is 2.88. The van der Waals surface area contributed by atoms with Crippen LogP contribution in [0.4, 0.5) is 0 Å². The second kappa shape index (κ2) is 6.29. The summed E-state index contributed by atoms with van der Waals surface area (Å²) < 4.78 is 13.3. The Kier molecular flexibility index (Phi) is 4.21. The normalized spacial score (nSPS) is 11.2. The van der Waals surface area contributed by atoms with Gasteiger partial charge in [-0.15, -0.1) is 5.10 Å². The van der Waals surface area contributed by atoms with E-state index >= 15 is 0 Å². The van der Waals surface area contributed by atoms with E-state index in [9.17, 15) is 0 Å². The highest BCUT2D eigenvalue weighted by atomic mass is 79.9. The van der Waals surface area contributed by atoms with Crippen molar-refractivity contribution in [1.29, 1.82) is 0 Å². The van der Waals surface area contributed by atoms with E-state index in [1.165, 1.54) is 4.68 Å². The molecule has 0 saturated heterocycles. The first-order valence-electron chi connectivity index (χ1n) is 6.28. The lowest BCUT2D eigenvalue weighted by Gasteiger charge is -2.03. The van der Waals surface area contributed by atoms with E-state index < -0.39 is 0 Å². The van der Waals surface area contributed by atoms with Gasteiger partial charge in [0.2, 0.25) is 10.6 Å². The molecule has 0 aliphatic heterocycles. The van der Waals surface area contributed by atoms with E-state index in [-0.39, 0.29) is 0 Å². The number of hydrogen-bond acceptors (Lipinski definition) is 5. The Hall–Kier alpha value is -2.19. The molecule has 0 amide bonds. The Morgan fingerprint density at radius 2 is 2.32 bits per heavy atom. The molecule has 0 fully saturated rings. The van der Waals surface area contributed by atoms with Gasteiger partial charge < -0.3 is 9.15 Å². The molecule has 1 aromatic carbocycles. The van der Waals surface area contributed by atoms with E-state index in [1.807, 2.05) is 18.2 Å².